The smallest absolute Gasteiger partial charge is 0.287 e. The van der Waals surface area contributed by atoms with E-state index in [1.54, 1.807) is 0 Å². The Balaban J connectivity index is 2.78. The summed E-state index contributed by atoms with van der Waals surface area (Å²) < 4.78 is 0. The molecule has 19 heavy (non-hydrogen) atoms. The van der Waals surface area contributed by atoms with Gasteiger partial charge in [0.05, 0.1) is 4.92 Å². The number of carbonyl (C=O) groups is 1. The molecule has 1 aromatic rings. The van der Waals surface area contributed by atoms with Gasteiger partial charge in [-0.05, 0) is 33.2 Å². The SMILES string of the molecule is CC(CN(C)C)NC(=O)c1ccc([N+](=O)[O-])c(Cl)c1. The topological polar surface area (TPSA) is 75.5 Å². The van der Waals surface area contributed by atoms with E-state index >= 15 is 0 Å². The number of rotatable bonds is 5. The Morgan fingerprint density at radius 2 is 2.16 bits per heavy atom. The summed E-state index contributed by atoms with van der Waals surface area (Å²) in [7, 11) is 3.82. The van der Waals surface area contributed by atoms with Gasteiger partial charge in [0, 0.05) is 24.2 Å². The van der Waals surface area contributed by atoms with Crippen molar-refractivity contribution in [3.05, 3.63) is 38.9 Å². The van der Waals surface area contributed by atoms with Crippen LogP contribution in [0.5, 0.6) is 0 Å². The van der Waals surface area contributed by atoms with Gasteiger partial charge >= 0.3 is 0 Å². The van der Waals surface area contributed by atoms with Crippen molar-refractivity contribution in [2.45, 2.75) is 13.0 Å². The van der Waals surface area contributed by atoms with Crippen LogP contribution in [-0.4, -0.2) is 42.4 Å². The van der Waals surface area contributed by atoms with Crippen LogP contribution < -0.4 is 5.32 Å². The average molecular weight is 286 g/mol. The first-order valence-electron chi connectivity index (χ1n) is 5.70. The number of likely N-dealkylation sites (N-methyl/N-ethyl adjacent to an activating group) is 1. The Morgan fingerprint density at radius 3 is 2.63 bits per heavy atom. The van der Waals surface area contributed by atoms with Gasteiger partial charge < -0.3 is 10.2 Å². The van der Waals surface area contributed by atoms with Crippen molar-refractivity contribution in [2.24, 2.45) is 0 Å². The summed E-state index contributed by atoms with van der Waals surface area (Å²) in [5.74, 6) is -0.300. The van der Waals surface area contributed by atoms with Gasteiger partial charge in [-0.2, -0.15) is 0 Å². The maximum atomic E-state index is 11.9. The lowest BCUT2D eigenvalue weighted by Gasteiger charge is -2.18. The molecule has 7 heteroatoms. The number of benzene rings is 1. The first kappa shape index (κ1) is 15.4. The highest BCUT2D eigenvalue weighted by molar-refractivity contribution is 6.33. The average Bonchev–Trinajstić information content (AvgIpc) is 2.26. The van der Waals surface area contributed by atoms with Crippen LogP contribution >= 0.6 is 11.6 Å². The van der Waals surface area contributed by atoms with Gasteiger partial charge in [-0.15, -0.1) is 0 Å². The molecule has 0 saturated heterocycles. The minimum absolute atomic E-state index is 0.0310. The molecule has 0 radical (unpaired) electrons. The van der Waals surface area contributed by atoms with Gasteiger partial charge in [-0.25, -0.2) is 0 Å². The van der Waals surface area contributed by atoms with E-state index in [-0.39, 0.29) is 22.7 Å². The fourth-order valence-corrected chi connectivity index (χ4v) is 1.95. The molecule has 0 aliphatic carbocycles. The first-order valence-corrected chi connectivity index (χ1v) is 6.08. The van der Waals surface area contributed by atoms with E-state index in [2.05, 4.69) is 5.32 Å². The second-order valence-corrected chi connectivity index (χ2v) is 4.97. The Bertz CT molecular complexity index is 491. The quantitative estimate of drug-likeness (QED) is 0.662. The summed E-state index contributed by atoms with van der Waals surface area (Å²) in [4.78, 5) is 23.9. The van der Waals surface area contributed by atoms with Gasteiger partial charge in [0.2, 0.25) is 0 Å². The minimum Gasteiger partial charge on any atom is -0.348 e. The normalized spacial score (nSPS) is 12.3. The van der Waals surface area contributed by atoms with E-state index in [0.717, 1.165) is 0 Å². The predicted octanol–water partition coefficient (Wildman–Crippen LogP) is 1.93. The summed E-state index contributed by atoms with van der Waals surface area (Å²) in [5.41, 5.74) is 0.0979. The molecule has 104 valence electrons. The second kappa shape index (κ2) is 6.49. The van der Waals surface area contributed by atoms with Crippen LogP contribution in [0.2, 0.25) is 5.02 Å². The highest BCUT2D eigenvalue weighted by Crippen LogP contribution is 2.24. The number of hydrogen-bond donors (Lipinski definition) is 1. The van der Waals surface area contributed by atoms with Crippen LogP contribution in [0, 0.1) is 10.1 Å². The lowest BCUT2D eigenvalue weighted by molar-refractivity contribution is -0.384. The molecule has 0 fully saturated rings. The van der Waals surface area contributed by atoms with Crippen molar-refractivity contribution in [1.29, 1.82) is 0 Å². The molecule has 0 heterocycles. The minimum atomic E-state index is -0.585. The molecule has 1 rings (SSSR count). The highest BCUT2D eigenvalue weighted by atomic mass is 35.5. The van der Waals surface area contributed by atoms with Crippen molar-refractivity contribution >= 4 is 23.2 Å². The summed E-state index contributed by atoms with van der Waals surface area (Å²) in [6.07, 6.45) is 0. The van der Waals surface area contributed by atoms with E-state index in [1.165, 1.54) is 18.2 Å². The zero-order chi connectivity index (χ0) is 14.6. The molecule has 1 amide bonds. The van der Waals surface area contributed by atoms with Crippen molar-refractivity contribution < 1.29 is 9.72 Å². The van der Waals surface area contributed by atoms with Crippen LogP contribution in [0.1, 0.15) is 17.3 Å². The number of hydrogen-bond acceptors (Lipinski definition) is 4. The predicted molar refractivity (Wildman–Crippen MR) is 73.6 cm³/mol. The Kier molecular flexibility index (Phi) is 5.26. The van der Waals surface area contributed by atoms with E-state index in [4.69, 9.17) is 11.6 Å². The fourth-order valence-electron chi connectivity index (χ4n) is 1.70. The molecule has 1 aromatic carbocycles. The molecule has 0 spiro atoms. The lowest BCUT2D eigenvalue weighted by Crippen LogP contribution is -2.39. The number of nitrogens with zero attached hydrogens (tertiary/aromatic N) is 2. The van der Waals surface area contributed by atoms with Crippen molar-refractivity contribution in [3.8, 4) is 0 Å². The van der Waals surface area contributed by atoms with Crippen LogP contribution in [0.25, 0.3) is 0 Å². The van der Waals surface area contributed by atoms with Gasteiger partial charge in [0.1, 0.15) is 5.02 Å². The molecule has 0 aliphatic heterocycles. The summed E-state index contributed by atoms with van der Waals surface area (Å²) in [6, 6.07) is 3.89. The molecule has 0 saturated carbocycles. The third-order valence-corrected chi connectivity index (χ3v) is 2.73. The van der Waals surface area contributed by atoms with Gasteiger partial charge in [0.25, 0.3) is 11.6 Å². The lowest BCUT2D eigenvalue weighted by atomic mass is 10.2. The number of halogens is 1. The van der Waals surface area contributed by atoms with E-state index in [1.807, 2.05) is 25.9 Å². The Hall–Kier alpha value is -1.66. The molecule has 0 bridgehead atoms. The maximum Gasteiger partial charge on any atom is 0.287 e. The number of nitro groups is 1. The number of nitro benzene ring substituents is 1. The number of carbonyl (C=O) groups excluding carboxylic acids is 1. The van der Waals surface area contributed by atoms with Gasteiger partial charge in [0.15, 0.2) is 0 Å². The molecular formula is C12H16ClN3O3. The Labute approximate surface area is 116 Å². The number of nitrogens with one attached hydrogen (secondary N) is 1. The molecule has 1 unspecified atom stereocenters. The monoisotopic (exact) mass is 285 g/mol. The van der Waals surface area contributed by atoms with Crippen molar-refractivity contribution in [3.63, 3.8) is 0 Å². The van der Waals surface area contributed by atoms with E-state index in [9.17, 15) is 14.9 Å². The van der Waals surface area contributed by atoms with E-state index in [0.29, 0.717) is 12.1 Å². The van der Waals surface area contributed by atoms with Crippen LogP contribution in [0.4, 0.5) is 5.69 Å². The van der Waals surface area contributed by atoms with Crippen molar-refractivity contribution in [2.75, 3.05) is 20.6 Å². The zero-order valence-electron chi connectivity index (χ0n) is 11.0. The Morgan fingerprint density at radius 1 is 1.53 bits per heavy atom. The summed E-state index contributed by atoms with van der Waals surface area (Å²) >= 11 is 5.76. The molecule has 0 aromatic heterocycles. The summed E-state index contributed by atoms with van der Waals surface area (Å²) in [5, 5.41) is 13.4. The van der Waals surface area contributed by atoms with Crippen LogP contribution in [-0.2, 0) is 0 Å². The highest BCUT2D eigenvalue weighted by Gasteiger charge is 2.16. The van der Waals surface area contributed by atoms with Crippen LogP contribution in [0.15, 0.2) is 18.2 Å². The first-order chi connectivity index (χ1) is 8.81. The van der Waals surface area contributed by atoms with Crippen molar-refractivity contribution in [1.82, 2.24) is 10.2 Å². The molecule has 0 aliphatic rings. The third kappa shape index (κ3) is 4.50. The maximum absolute atomic E-state index is 11.9. The second-order valence-electron chi connectivity index (χ2n) is 4.56. The third-order valence-electron chi connectivity index (χ3n) is 2.42. The standard InChI is InChI=1S/C12H16ClN3O3/c1-8(7-15(2)3)14-12(17)9-4-5-11(16(18)19)10(13)6-9/h4-6,8H,7H2,1-3H3,(H,14,17). The van der Waals surface area contributed by atoms with E-state index < -0.39 is 4.92 Å². The fraction of sp³-hybridized carbons (Fsp3) is 0.417. The molecule has 1 atom stereocenters. The number of amides is 1. The van der Waals surface area contributed by atoms with Crippen LogP contribution in [0.3, 0.4) is 0 Å². The molecular weight excluding hydrogens is 270 g/mol. The summed E-state index contributed by atoms with van der Waals surface area (Å²) in [6.45, 7) is 2.58. The largest absolute Gasteiger partial charge is 0.348 e. The van der Waals surface area contributed by atoms with Gasteiger partial charge in [-0.3, -0.25) is 14.9 Å². The molecule has 1 N–H and O–H groups in total. The zero-order valence-corrected chi connectivity index (χ0v) is 11.8. The van der Waals surface area contributed by atoms with Gasteiger partial charge in [-0.1, -0.05) is 11.6 Å². The molecule has 6 nitrogen and oxygen atoms in total.